The van der Waals surface area contributed by atoms with E-state index in [9.17, 15) is 10.2 Å². The highest BCUT2D eigenvalue weighted by Gasteiger charge is 2.56. The molecule has 0 spiro atoms. The van der Waals surface area contributed by atoms with Gasteiger partial charge in [-0.15, -0.1) is 0 Å². The smallest absolute Gasteiger partial charge is 0.0885 e. The van der Waals surface area contributed by atoms with Crippen LogP contribution in [0.5, 0.6) is 0 Å². The van der Waals surface area contributed by atoms with Crippen molar-refractivity contribution in [3.8, 4) is 0 Å². The van der Waals surface area contributed by atoms with Gasteiger partial charge in [-0.05, 0) is 86.0 Å². The summed E-state index contributed by atoms with van der Waals surface area (Å²) in [6.45, 7) is 2.35. The van der Waals surface area contributed by atoms with Crippen LogP contribution in [0.15, 0.2) is 11.8 Å². The molecular weight excluding hydrogens is 248 g/mol. The summed E-state index contributed by atoms with van der Waals surface area (Å²) in [6, 6.07) is 0. The van der Waals surface area contributed by atoms with Gasteiger partial charge in [-0.3, -0.25) is 0 Å². The van der Waals surface area contributed by atoms with Gasteiger partial charge in [0.05, 0.1) is 11.9 Å². The van der Waals surface area contributed by atoms with E-state index < -0.39 is 0 Å². The van der Waals surface area contributed by atoms with Gasteiger partial charge in [-0.2, -0.15) is 0 Å². The molecule has 0 radical (unpaired) electrons. The van der Waals surface area contributed by atoms with Gasteiger partial charge in [-0.1, -0.05) is 6.92 Å². The van der Waals surface area contributed by atoms with E-state index in [0.29, 0.717) is 5.76 Å². The van der Waals surface area contributed by atoms with Crippen LogP contribution in [0, 0.1) is 35.0 Å². The maximum Gasteiger partial charge on any atom is 0.0885 e. The number of hydrogen-bond acceptors (Lipinski definition) is 2. The molecule has 0 amide bonds. The van der Waals surface area contributed by atoms with Crippen LogP contribution in [0.1, 0.15) is 58.3 Å². The minimum absolute atomic E-state index is 0.0542. The average Bonchev–Trinajstić information content (AvgIpc) is 2.74. The fourth-order valence-corrected chi connectivity index (χ4v) is 6.45. The number of hydrogen-bond donors (Lipinski definition) is 2. The minimum Gasteiger partial charge on any atom is -0.513 e. The van der Waals surface area contributed by atoms with Crippen LogP contribution < -0.4 is 0 Å². The second-order valence-corrected chi connectivity index (χ2v) is 8.21. The van der Waals surface area contributed by atoms with Crippen LogP contribution in [-0.4, -0.2) is 16.3 Å². The average molecular weight is 276 g/mol. The lowest BCUT2D eigenvalue weighted by Gasteiger charge is -2.54. The van der Waals surface area contributed by atoms with Crippen molar-refractivity contribution < 1.29 is 10.2 Å². The predicted octanol–water partition coefficient (Wildman–Crippen LogP) is 4.05. The third kappa shape index (κ3) is 1.73. The van der Waals surface area contributed by atoms with E-state index in [2.05, 4.69) is 13.0 Å². The number of rotatable bonds is 0. The van der Waals surface area contributed by atoms with Gasteiger partial charge in [0.1, 0.15) is 0 Å². The maximum atomic E-state index is 10.4. The SMILES string of the molecule is C[C@]12CCC3C4CC=C(O)CC4CCC3C1CCC2O. The van der Waals surface area contributed by atoms with Crippen molar-refractivity contribution in [2.75, 3.05) is 0 Å². The number of allylic oxidation sites excluding steroid dienone is 2. The van der Waals surface area contributed by atoms with Crippen LogP contribution >= 0.6 is 0 Å². The standard InChI is InChI=1S/C18H28O2/c1-18-9-8-14-13-5-3-12(19)10-11(13)2-4-15(14)16(18)6-7-17(18)20/h3,11,13-17,19-20H,2,4-10H2,1H3/t11?,13?,14?,15?,16?,17?,18-/m0/s1. The first-order valence-electron chi connectivity index (χ1n) is 8.65. The Hall–Kier alpha value is -0.500. The van der Waals surface area contributed by atoms with Gasteiger partial charge in [0, 0.05) is 6.42 Å². The highest BCUT2D eigenvalue weighted by molar-refractivity contribution is 5.09. The van der Waals surface area contributed by atoms with E-state index in [1.54, 1.807) is 0 Å². The first kappa shape index (κ1) is 13.2. The second-order valence-electron chi connectivity index (χ2n) is 8.21. The molecule has 0 heterocycles. The third-order valence-electron chi connectivity index (χ3n) is 7.57. The molecule has 4 aliphatic carbocycles. The molecule has 2 nitrogen and oxygen atoms in total. The quantitative estimate of drug-likeness (QED) is 0.700. The number of aliphatic hydroxyl groups excluding tert-OH is 2. The topological polar surface area (TPSA) is 40.5 Å². The lowest BCUT2D eigenvalue weighted by Crippen LogP contribution is -2.48. The lowest BCUT2D eigenvalue weighted by molar-refractivity contribution is -0.0757. The Kier molecular flexibility index (Phi) is 2.96. The Balaban J connectivity index is 1.60. The zero-order chi connectivity index (χ0) is 13.9. The minimum atomic E-state index is -0.0542. The molecule has 3 saturated carbocycles. The van der Waals surface area contributed by atoms with E-state index in [-0.39, 0.29) is 11.5 Å². The van der Waals surface area contributed by atoms with Crippen LogP contribution in [0.4, 0.5) is 0 Å². The summed E-state index contributed by atoms with van der Waals surface area (Å²) >= 11 is 0. The fourth-order valence-electron chi connectivity index (χ4n) is 6.45. The molecule has 112 valence electrons. The molecule has 4 rings (SSSR count). The molecule has 3 fully saturated rings. The number of aliphatic hydroxyl groups is 2. The monoisotopic (exact) mass is 276 g/mol. The van der Waals surface area contributed by atoms with E-state index in [1.165, 1.54) is 32.1 Å². The van der Waals surface area contributed by atoms with Gasteiger partial charge in [0.25, 0.3) is 0 Å². The zero-order valence-corrected chi connectivity index (χ0v) is 12.6. The zero-order valence-electron chi connectivity index (χ0n) is 12.6. The Bertz CT molecular complexity index is 429. The summed E-state index contributed by atoms with van der Waals surface area (Å²) in [5.74, 6) is 4.66. The first-order chi connectivity index (χ1) is 9.59. The lowest BCUT2D eigenvalue weighted by atomic mass is 9.51. The molecule has 4 aliphatic rings. The number of fused-ring (bicyclic) bond motifs is 5. The van der Waals surface area contributed by atoms with Gasteiger partial charge in [0.2, 0.25) is 0 Å². The van der Waals surface area contributed by atoms with E-state index in [4.69, 9.17) is 0 Å². The van der Waals surface area contributed by atoms with Crippen molar-refractivity contribution in [1.82, 2.24) is 0 Å². The largest absolute Gasteiger partial charge is 0.513 e. The van der Waals surface area contributed by atoms with Crippen molar-refractivity contribution in [3.05, 3.63) is 11.8 Å². The van der Waals surface area contributed by atoms with Crippen molar-refractivity contribution in [2.24, 2.45) is 35.0 Å². The van der Waals surface area contributed by atoms with E-state index in [1.807, 2.05) is 0 Å². The molecule has 6 unspecified atom stereocenters. The maximum absolute atomic E-state index is 10.4. The highest BCUT2D eigenvalue weighted by atomic mass is 16.3. The van der Waals surface area contributed by atoms with Crippen molar-refractivity contribution >= 4 is 0 Å². The van der Waals surface area contributed by atoms with Gasteiger partial charge in [0.15, 0.2) is 0 Å². The summed E-state index contributed by atoms with van der Waals surface area (Å²) in [5.41, 5.74) is 0.209. The molecule has 0 aliphatic heterocycles. The normalized spacial score (nSPS) is 54.6. The third-order valence-corrected chi connectivity index (χ3v) is 7.57. The Labute approximate surface area is 122 Å². The molecule has 0 aromatic heterocycles. The van der Waals surface area contributed by atoms with Gasteiger partial charge < -0.3 is 10.2 Å². The van der Waals surface area contributed by atoms with Gasteiger partial charge in [-0.25, -0.2) is 0 Å². The Morgan fingerprint density at radius 2 is 1.90 bits per heavy atom. The molecule has 0 bridgehead atoms. The van der Waals surface area contributed by atoms with Crippen molar-refractivity contribution in [2.45, 2.75) is 64.4 Å². The summed E-state index contributed by atoms with van der Waals surface area (Å²) < 4.78 is 0. The van der Waals surface area contributed by atoms with E-state index >= 15 is 0 Å². The Morgan fingerprint density at radius 1 is 1.05 bits per heavy atom. The summed E-state index contributed by atoms with van der Waals surface area (Å²) in [7, 11) is 0. The fraction of sp³-hybridized carbons (Fsp3) is 0.889. The summed E-state index contributed by atoms with van der Waals surface area (Å²) in [4.78, 5) is 0. The molecular formula is C18H28O2. The summed E-state index contributed by atoms with van der Waals surface area (Å²) in [5, 5.41) is 20.2. The molecule has 0 aromatic rings. The van der Waals surface area contributed by atoms with E-state index in [0.717, 1.165) is 48.9 Å². The van der Waals surface area contributed by atoms with Gasteiger partial charge >= 0.3 is 0 Å². The molecule has 2 N–H and O–H groups in total. The van der Waals surface area contributed by atoms with Crippen LogP contribution in [0.3, 0.4) is 0 Å². The van der Waals surface area contributed by atoms with Crippen LogP contribution in [-0.2, 0) is 0 Å². The molecule has 0 aromatic carbocycles. The van der Waals surface area contributed by atoms with Crippen molar-refractivity contribution in [1.29, 1.82) is 0 Å². The molecule has 7 atom stereocenters. The molecule has 0 saturated heterocycles. The van der Waals surface area contributed by atoms with Crippen LogP contribution in [0.2, 0.25) is 0 Å². The predicted molar refractivity (Wildman–Crippen MR) is 79.2 cm³/mol. The molecule has 2 heteroatoms. The molecule has 20 heavy (non-hydrogen) atoms. The van der Waals surface area contributed by atoms with Crippen molar-refractivity contribution in [3.63, 3.8) is 0 Å². The first-order valence-corrected chi connectivity index (χ1v) is 8.65. The highest BCUT2D eigenvalue weighted by Crippen LogP contribution is 2.62. The van der Waals surface area contributed by atoms with Crippen LogP contribution in [0.25, 0.3) is 0 Å². The summed E-state index contributed by atoms with van der Waals surface area (Å²) in [6.07, 6.45) is 11.5. The second kappa shape index (κ2) is 4.50. The Morgan fingerprint density at radius 3 is 2.75 bits per heavy atom.